The van der Waals surface area contributed by atoms with Gasteiger partial charge in [0.15, 0.2) is 5.82 Å². The molecule has 0 aromatic carbocycles. The van der Waals surface area contributed by atoms with Crippen LogP contribution >= 0.6 is 0 Å². The number of nitrogens with one attached hydrogen (secondary N) is 2. The van der Waals surface area contributed by atoms with E-state index in [4.69, 9.17) is 0 Å². The molecule has 2 fully saturated rings. The second kappa shape index (κ2) is 5.61. The largest absolute Gasteiger partial charge is 0.373 e. The normalized spacial score (nSPS) is 23.7. The van der Waals surface area contributed by atoms with E-state index in [9.17, 15) is 4.79 Å². The van der Waals surface area contributed by atoms with Crippen molar-refractivity contribution in [3.05, 3.63) is 28.1 Å². The molecule has 2 aromatic heterocycles. The van der Waals surface area contributed by atoms with Crippen molar-refractivity contribution in [1.82, 2.24) is 24.7 Å². The fraction of sp³-hybridized carbons (Fsp3) is 0.625. The molecular formula is C16H23N7O. The monoisotopic (exact) mass is 329 g/mol. The van der Waals surface area contributed by atoms with Crippen LogP contribution in [0.5, 0.6) is 0 Å². The molecule has 8 heteroatoms. The van der Waals surface area contributed by atoms with Crippen LogP contribution in [0.2, 0.25) is 0 Å². The van der Waals surface area contributed by atoms with E-state index >= 15 is 0 Å². The standard InChI is InChI=1S/C16H23N7O/c1-9-8-12(17-2)19-15(18-9)23-7-6-11(10-4-5-10)13(23)14-20-21-16(24)22(14)3/h8,10-11,13H,4-7H2,1-3H3,(H,21,24)(H,17,18,19). The van der Waals surface area contributed by atoms with Gasteiger partial charge in [0.25, 0.3) is 0 Å². The Balaban J connectivity index is 1.77. The van der Waals surface area contributed by atoms with Crippen molar-refractivity contribution >= 4 is 11.8 Å². The van der Waals surface area contributed by atoms with Crippen LogP contribution in [0.15, 0.2) is 10.9 Å². The molecule has 2 atom stereocenters. The molecule has 24 heavy (non-hydrogen) atoms. The molecule has 3 heterocycles. The second-order valence-corrected chi connectivity index (χ2v) is 6.82. The molecule has 2 aromatic rings. The molecular weight excluding hydrogens is 306 g/mol. The van der Waals surface area contributed by atoms with E-state index in [1.807, 2.05) is 20.0 Å². The topological polar surface area (TPSA) is 91.7 Å². The van der Waals surface area contributed by atoms with Crippen molar-refractivity contribution in [2.75, 3.05) is 23.8 Å². The first-order valence-electron chi connectivity index (χ1n) is 8.50. The fourth-order valence-electron chi connectivity index (χ4n) is 3.82. The highest BCUT2D eigenvalue weighted by molar-refractivity contribution is 5.45. The molecule has 1 saturated heterocycles. The van der Waals surface area contributed by atoms with E-state index in [1.54, 1.807) is 11.6 Å². The van der Waals surface area contributed by atoms with Gasteiger partial charge in [-0.3, -0.25) is 4.57 Å². The summed E-state index contributed by atoms with van der Waals surface area (Å²) >= 11 is 0. The molecule has 2 unspecified atom stereocenters. The highest BCUT2D eigenvalue weighted by Crippen LogP contribution is 2.50. The lowest BCUT2D eigenvalue weighted by atomic mass is 9.94. The van der Waals surface area contributed by atoms with Crippen LogP contribution in [0, 0.1) is 18.8 Å². The third-order valence-corrected chi connectivity index (χ3v) is 5.21. The summed E-state index contributed by atoms with van der Waals surface area (Å²) in [5, 5.41) is 9.98. The molecule has 2 N–H and O–H groups in total. The van der Waals surface area contributed by atoms with Gasteiger partial charge >= 0.3 is 5.69 Å². The Morgan fingerprint density at radius 1 is 1.29 bits per heavy atom. The summed E-state index contributed by atoms with van der Waals surface area (Å²) in [6, 6.07) is 1.98. The minimum Gasteiger partial charge on any atom is -0.373 e. The minimum atomic E-state index is -0.174. The van der Waals surface area contributed by atoms with Crippen LogP contribution in [0.1, 0.15) is 36.8 Å². The van der Waals surface area contributed by atoms with Crippen molar-refractivity contribution in [3.8, 4) is 0 Å². The van der Waals surface area contributed by atoms with Crippen molar-refractivity contribution in [2.24, 2.45) is 18.9 Å². The number of rotatable bonds is 4. The quantitative estimate of drug-likeness (QED) is 0.876. The summed E-state index contributed by atoms with van der Waals surface area (Å²) in [4.78, 5) is 23.4. The summed E-state index contributed by atoms with van der Waals surface area (Å²) in [6.45, 7) is 2.86. The van der Waals surface area contributed by atoms with Crippen molar-refractivity contribution < 1.29 is 0 Å². The number of hydrogen-bond donors (Lipinski definition) is 2. The molecule has 0 amide bonds. The van der Waals surface area contributed by atoms with Gasteiger partial charge in [-0.25, -0.2) is 14.9 Å². The van der Waals surface area contributed by atoms with Crippen LogP contribution in [0.4, 0.5) is 11.8 Å². The van der Waals surface area contributed by atoms with Crippen LogP contribution in [-0.4, -0.2) is 38.3 Å². The molecule has 0 radical (unpaired) electrons. The number of aromatic nitrogens is 5. The zero-order valence-electron chi connectivity index (χ0n) is 14.3. The van der Waals surface area contributed by atoms with E-state index in [2.05, 4.69) is 30.4 Å². The lowest BCUT2D eigenvalue weighted by Gasteiger charge is -2.27. The van der Waals surface area contributed by atoms with Crippen LogP contribution < -0.4 is 15.9 Å². The zero-order chi connectivity index (χ0) is 16.8. The van der Waals surface area contributed by atoms with Crippen molar-refractivity contribution in [1.29, 1.82) is 0 Å². The number of nitrogens with zero attached hydrogens (tertiary/aromatic N) is 5. The fourth-order valence-corrected chi connectivity index (χ4v) is 3.82. The van der Waals surface area contributed by atoms with E-state index in [0.29, 0.717) is 11.9 Å². The summed E-state index contributed by atoms with van der Waals surface area (Å²) in [6.07, 6.45) is 3.62. The Hall–Kier alpha value is -2.38. The lowest BCUT2D eigenvalue weighted by molar-refractivity contribution is 0.404. The first-order chi connectivity index (χ1) is 11.6. The highest BCUT2D eigenvalue weighted by Gasteiger charge is 2.46. The number of anilines is 2. The number of H-pyrrole nitrogens is 1. The van der Waals surface area contributed by atoms with Gasteiger partial charge < -0.3 is 10.2 Å². The van der Waals surface area contributed by atoms with Crippen molar-refractivity contribution in [3.63, 3.8) is 0 Å². The van der Waals surface area contributed by atoms with E-state index < -0.39 is 0 Å². The molecule has 4 rings (SSSR count). The van der Waals surface area contributed by atoms with Gasteiger partial charge in [0, 0.05) is 32.4 Å². The summed E-state index contributed by atoms with van der Waals surface area (Å²) < 4.78 is 1.62. The molecule has 128 valence electrons. The molecule has 1 saturated carbocycles. The first kappa shape index (κ1) is 15.2. The van der Waals surface area contributed by atoms with E-state index in [0.717, 1.165) is 36.2 Å². The van der Waals surface area contributed by atoms with Gasteiger partial charge in [0.05, 0.1) is 6.04 Å². The Bertz CT molecular complexity index is 807. The Morgan fingerprint density at radius 3 is 2.71 bits per heavy atom. The molecule has 1 aliphatic carbocycles. The second-order valence-electron chi connectivity index (χ2n) is 6.82. The van der Waals surface area contributed by atoms with Gasteiger partial charge in [-0.2, -0.15) is 10.1 Å². The molecule has 2 aliphatic rings. The van der Waals surface area contributed by atoms with Gasteiger partial charge in [-0.15, -0.1) is 0 Å². The maximum atomic E-state index is 11.9. The van der Waals surface area contributed by atoms with Crippen LogP contribution in [0.25, 0.3) is 0 Å². The number of hydrogen-bond acceptors (Lipinski definition) is 6. The average molecular weight is 329 g/mol. The van der Waals surface area contributed by atoms with Gasteiger partial charge in [0.2, 0.25) is 5.95 Å². The lowest BCUT2D eigenvalue weighted by Crippen LogP contribution is -2.31. The average Bonchev–Trinajstić information content (AvgIpc) is 3.24. The van der Waals surface area contributed by atoms with Crippen molar-refractivity contribution in [2.45, 2.75) is 32.2 Å². The number of aromatic amines is 1. The van der Waals surface area contributed by atoms with E-state index in [-0.39, 0.29) is 11.7 Å². The minimum absolute atomic E-state index is 0.0490. The molecule has 8 nitrogen and oxygen atoms in total. The van der Waals surface area contributed by atoms with Gasteiger partial charge in [0.1, 0.15) is 5.82 Å². The third-order valence-electron chi connectivity index (χ3n) is 5.21. The Labute approximate surface area is 140 Å². The van der Waals surface area contributed by atoms with E-state index in [1.165, 1.54) is 12.8 Å². The number of aryl methyl sites for hydroxylation is 1. The summed E-state index contributed by atoms with van der Waals surface area (Å²) in [5.74, 6) is 3.52. The maximum Gasteiger partial charge on any atom is 0.343 e. The predicted octanol–water partition coefficient (Wildman–Crippen LogP) is 1.23. The molecule has 0 bridgehead atoms. The van der Waals surface area contributed by atoms with Crippen LogP contribution in [-0.2, 0) is 7.05 Å². The van der Waals surface area contributed by atoms with Gasteiger partial charge in [-0.1, -0.05) is 0 Å². The maximum absolute atomic E-state index is 11.9. The summed E-state index contributed by atoms with van der Waals surface area (Å²) in [5.41, 5.74) is 0.751. The summed E-state index contributed by atoms with van der Waals surface area (Å²) in [7, 11) is 3.63. The molecule has 1 aliphatic heterocycles. The third kappa shape index (κ3) is 2.46. The smallest absolute Gasteiger partial charge is 0.343 e. The Morgan fingerprint density at radius 2 is 2.08 bits per heavy atom. The van der Waals surface area contributed by atoms with Gasteiger partial charge in [-0.05, 0) is 38.0 Å². The first-order valence-corrected chi connectivity index (χ1v) is 8.50. The predicted molar refractivity (Wildman–Crippen MR) is 91.1 cm³/mol. The SMILES string of the molecule is CNc1cc(C)nc(N2CCC(C3CC3)C2c2n[nH]c(=O)n2C)n1. The zero-order valence-corrected chi connectivity index (χ0v) is 14.3. The van der Waals surface area contributed by atoms with Crippen LogP contribution in [0.3, 0.4) is 0 Å². The highest BCUT2D eigenvalue weighted by atomic mass is 16.1. The Kier molecular flexibility index (Phi) is 3.54. The molecule has 0 spiro atoms.